The first-order valence-electron chi connectivity index (χ1n) is 5.17. The van der Waals surface area contributed by atoms with E-state index in [4.69, 9.17) is 11.6 Å². The Labute approximate surface area is 99.3 Å². The van der Waals surface area contributed by atoms with Crippen molar-refractivity contribution >= 4 is 11.6 Å². The van der Waals surface area contributed by atoms with Crippen molar-refractivity contribution in [2.75, 3.05) is 0 Å². The van der Waals surface area contributed by atoms with Crippen LogP contribution >= 0.6 is 11.6 Å². The third-order valence-corrected chi connectivity index (χ3v) is 2.88. The SMILES string of the molecule is CCn1ccnc1C(O)c1ccccc1Cl. The van der Waals surface area contributed by atoms with E-state index < -0.39 is 6.10 Å². The van der Waals surface area contributed by atoms with Crippen LogP contribution in [0, 0.1) is 0 Å². The van der Waals surface area contributed by atoms with Crippen molar-refractivity contribution in [3.63, 3.8) is 0 Å². The third-order valence-electron chi connectivity index (χ3n) is 2.53. The smallest absolute Gasteiger partial charge is 0.142 e. The van der Waals surface area contributed by atoms with Crippen LogP contribution in [0.4, 0.5) is 0 Å². The largest absolute Gasteiger partial charge is 0.380 e. The highest BCUT2D eigenvalue weighted by atomic mass is 35.5. The number of aliphatic hydroxyl groups is 1. The first-order chi connectivity index (χ1) is 7.74. The monoisotopic (exact) mass is 236 g/mol. The Morgan fingerprint density at radius 2 is 2.19 bits per heavy atom. The van der Waals surface area contributed by atoms with Gasteiger partial charge in [-0.2, -0.15) is 0 Å². The molecule has 0 saturated heterocycles. The average molecular weight is 237 g/mol. The van der Waals surface area contributed by atoms with Crippen molar-refractivity contribution < 1.29 is 5.11 Å². The molecule has 0 spiro atoms. The van der Waals surface area contributed by atoms with Crippen molar-refractivity contribution in [3.05, 3.63) is 53.1 Å². The van der Waals surface area contributed by atoms with Gasteiger partial charge < -0.3 is 9.67 Å². The Hall–Kier alpha value is -1.32. The van der Waals surface area contributed by atoms with Gasteiger partial charge in [-0.15, -0.1) is 0 Å². The number of rotatable bonds is 3. The Balaban J connectivity index is 2.39. The fraction of sp³-hybridized carbons (Fsp3) is 0.250. The highest BCUT2D eigenvalue weighted by Gasteiger charge is 2.17. The minimum atomic E-state index is -0.774. The second kappa shape index (κ2) is 4.68. The number of aryl methyl sites for hydroxylation is 1. The van der Waals surface area contributed by atoms with Gasteiger partial charge in [-0.05, 0) is 13.0 Å². The van der Waals surface area contributed by atoms with Crippen LogP contribution in [0.5, 0.6) is 0 Å². The van der Waals surface area contributed by atoms with Crippen LogP contribution in [-0.2, 0) is 6.54 Å². The Morgan fingerprint density at radius 3 is 2.88 bits per heavy atom. The van der Waals surface area contributed by atoms with Gasteiger partial charge in [-0.3, -0.25) is 0 Å². The van der Waals surface area contributed by atoms with Crippen molar-refractivity contribution in [1.29, 1.82) is 0 Å². The third kappa shape index (κ3) is 1.96. The van der Waals surface area contributed by atoms with Gasteiger partial charge in [-0.1, -0.05) is 29.8 Å². The maximum absolute atomic E-state index is 10.2. The summed E-state index contributed by atoms with van der Waals surface area (Å²) in [5.74, 6) is 0.621. The summed E-state index contributed by atoms with van der Waals surface area (Å²) < 4.78 is 1.90. The number of hydrogen-bond donors (Lipinski definition) is 1. The lowest BCUT2D eigenvalue weighted by molar-refractivity contribution is 0.205. The predicted octanol–water partition coefficient (Wildman–Crippen LogP) is 2.64. The zero-order chi connectivity index (χ0) is 11.5. The number of imidazole rings is 1. The van der Waals surface area contributed by atoms with E-state index >= 15 is 0 Å². The van der Waals surface area contributed by atoms with Gasteiger partial charge in [0.1, 0.15) is 11.9 Å². The van der Waals surface area contributed by atoms with Crippen molar-refractivity contribution in [2.45, 2.75) is 19.6 Å². The van der Waals surface area contributed by atoms with Crippen LogP contribution in [0.3, 0.4) is 0 Å². The molecule has 0 bridgehead atoms. The van der Waals surface area contributed by atoms with Crippen LogP contribution < -0.4 is 0 Å². The molecule has 1 N–H and O–H groups in total. The molecule has 1 unspecified atom stereocenters. The zero-order valence-electron chi connectivity index (χ0n) is 8.97. The second-order valence-electron chi connectivity index (χ2n) is 3.50. The number of hydrogen-bond acceptors (Lipinski definition) is 2. The maximum atomic E-state index is 10.2. The van der Waals surface area contributed by atoms with Crippen LogP contribution in [0.25, 0.3) is 0 Å². The first kappa shape index (κ1) is 11.2. The molecule has 0 fully saturated rings. The molecule has 3 nitrogen and oxygen atoms in total. The van der Waals surface area contributed by atoms with E-state index in [2.05, 4.69) is 4.98 Å². The van der Waals surface area contributed by atoms with E-state index in [9.17, 15) is 5.11 Å². The van der Waals surface area contributed by atoms with E-state index in [1.807, 2.05) is 35.9 Å². The number of halogens is 1. The highest BCUT2D eigenvalue weighted by molar-refractivity contribution is 6.31. The number of benzene rings is 1. The lowest BCUT2D eigenvalue weighted by Gasteiger charge is -2.13. The Kier molecular flexibility index (Phi) is 3.27. The molecule has 0 amide bonds. The molecule has 84 valence electrons. The molecular weight excluding hydrogens is 224 g/mol. The molecule has 1 aromatic heterocycles. The standard InChI is InChI=1S/C12H13ClN2O/c1-2-15-8-7-14-12(15)11(16)9-5-3-4-6-10(9)13/h3-8,11,16H,2H2,1H3. The minimum absolute atomic E-state index is 0.556. The fourth-order valence-corrected chi connectivity index (χ4v) is 1.91. The molecule has 2 rings (SSSR count). The van der Waals surface area contributed by atoms with Crippen LogP contribution in [0.2, 0.25) is 5.02 Å². The molecule has 2 aromatic rings. The molecule has 1 atom stereocenters. The summed E-state index contributed by atoms with van der Waals surface area (Å²) in [5.41, 5.74) is 0.685. The average Bonchev–Trinajstić information content (AvgIpc) is 2.77. The zero-order valence-corrected chi connectivity index (χ0v) is 9.72. The van der Waals surface area contributed by atoms with Crippen LogP contribution in [0.1, 0.15) is 24.4 Å². The fourth-order valence-electron chi connectivity index (χ4n) is 1.67. The van der Waals surface area contributed by atoms with Crippen molar-refractivity contribution in [2.24, 2.45) is 0 Å². The van der Waals surface area contributed by atoms with Crippen molar-refractivity contribution in [1.82, 2.24) is 9.55 Å². The lowest BCUT2D eigenvalue weighted by atomic mass is 10.1. The van der Waals surface area contributed by atoms with Gasteiger partial charge in [-0.25, -0.2) is 4.98 Å². The van der Waals surface area contributed by atoms with Crippen LogP contribution in [0.15, 0.2) is 36.7 Å². The molecule has 1 heterocycles. The normalized spacial score (nSPS) is 12.7. The molecule has 1 aromatic carbocycles. The van der Waals surface area contributed by atoms with Gasteiger partial charge in [0.2, 0.25) is 0 Å². The Morgan fingerprint density at radius 1 is 1.44 bits per heavy atom. The number of nitrogens with zero attached hydrogens (tertiary/aromatic N) is 2. The summed E-state index contributed by atoms with van der Waals surface area (Å²) in [5, 5.41) is 10.8. The molecule has 4 heteroatoms. The minimum Gasteiger partial charge on any atom is -0.380 e. The predicted molar refractivity (Wildman–Crippen MR) is 63.4 cm³/mol. The summed E-state index contributed by atoms with van der Waals surface area (Å²) in [6, 6.07) is 7.26. The van der Waals surface area contributed by atoms with Gasteiger partial charge in [0.15, 0.2) is 0 Å². The van der Waals surface area contributed by atoms with E-state index in [-0.39, 0.29) is 0 Å². The molecule has 16 heavy (non-hydrogen) atoms. The van der Waals surface area contributed by atoms with E-state index in [0.29, 0.717) is 16.4 Å². The summed E-state index contributed by atoms with van der Waals surface area (Å²) in [4.78, 5) is 4.16. The lowest BCUT2D eigenvalue weighted by Crippen LogP contribution is -2.09. The first-order valence-corrected chi connectivity index (χ1v) is 5.55. The van der Waals surface area contributed by atoms with Crippen molar-refractivity contribution in [3.8, 4) is 0 Å². The molecule has 0 aliphatic heterocycles. The quantitative estimate of drug-likeness (QED) is 0.890. The molecule has 0 aliphatic carbocycles. The number of aliphatic hydroxyl groups excluding tert-OH is 1. The summed E-state index contributed by atoms with van der Waals surface area (Å²) in [6.45, 7) is 2.78. The van der Waals surface area contributed by atoms with Gasteiger partial charge in [0.05, 0.1) is 0 Å². The molecule has 0 radical (unpaired) electrons. The second-order valence-corrected chi connectivity index (χ2v) is 3.90. The highest BCUT2D eigenvalue weighted by Crippen LogP contribution is 2.26. The summed E-state index contributed by atoms with van der Waals surface area (Å²) >= 11 is 6.03. The van der Waals surface area contributed by atoms with Gasteiger partial charge >= 0.3 is 0 Å². The van der Waals surface area contributed by atoms with E-state index in [1.54, 1.807) is 12.3 Å². The van der Waals surface area contributed by atoms with Crippen LogP contribution in [-0.4, -0.2) is 14.7 Å². The molecule has 0 saturated carbocycles. The van der Waals surface area contributed by atoms with E-state index in [1.165, 1.54) is 0 Å². The van der Waals surface area contributed by atoms with Gasteiger partial charge in [0, 0.05) is 29.5 Å². The molecule has 0 aliphatic rings. The summed E-state index contributed by atoms with van der Waals surface area (Å²) in [6.07, 6.45) is 2.75. The topological polar surface area (TPSA) is 38.0 Å². The number of aromatic nitrogens is 2. The molecular formula is C12H13ClN2O. The Bertz CT molecular complexity index is 481. The maximum Gasteiger partial charge on any atom is 0.142 e. The van der Waals surface area contributed by atoms with Gasteiger partial charge in [0.25, 0.3) is 0 Å². The summed E-state index contributed by atoms with van der Waals surface area (Å²) in [7, 11) is 0. The van der Waals surface area contributed by atoms with E-state index in [0.717, 1.165) is 6.54 Å².